The van der Waals surface area contributed by atoms with Crippen molar-refractivity contribution < 1.29 is 4.79 Å². The zero-order valence-corrected chi connectivity index (χ0v) is 14.5. The van der Waals surface area contributed by atoms with Gasteiger partial charge in [0.2, 0.25) is 5.91 Å². The lowest BCUT2D eigenvalue weighted by molar-refractivity contribution is -0.133. The zero-order chi connectivity index (χ0) is 16.4. The topological polar surface area (TPSA) is 49.3 Å². The van der Waals surface area contributed by atoms with Gasteiger partial charge in [-0.05, 0) is 42.2 Å². The minimum Gasteiger partial charge on any atom is -0.355 e. The second-order valence-corrected chi connectivity index (χ2v) is 7.63. The van der Waals surface area contributed by atoms with Crippen LogP contribution in [0, 0.1) is 5.92 Å². The highest BCUT2D eigenvalue weighted by molar-refractivity contribution is 7.10. The van der Waals surface area contributed by atoms with Gasteiger partial charge in [0.05, 0.1) is 6.20 Å². The van der Waals surface area contributed by atoms with E-state index in [1.165, 1.54) is 10.4 Å². The van der Waals surface area contributed by atoms with E-state index in [2.05, 4.69) is 26.3 Å². The number of piperidine rings is 1. The SMILES string of the molecule is O=C(CC1CCN(c2cnccn2)CC1)N1CCc2sccc2C1. The Kier molecular flexibility index (Phi) is 4.47. The van der Waals surface area contributed by atoms with E-state index in [9.17, 15) is 4.79 Å². The van der Waals surface area contributed by atoms with Crippen LogP contribution in [-0.4, -0.2) is 40.4 Å². The predicted octanol–water partition coefficient (Wildman–Crippen LogP) is 2.73. The van der Waals surface area contributed by atoms with Crippen LogP contribution in [-0.2, 0) is 17.8 Å². The summed E-state index contributed by atoms with van der Waals surface area (Å²) in [5.74, 6) is 1.77. The number of hydrogen-bond acceptors (Lipinski definition) is 5. The maximum atomic E-state index is 12.6. The van der Waals surface area contributed by atoms with Crippen LogP contribution >= 0.6 is 11.3 Å². The Morgan fingerprint density at radius 2 is 2.12 bits per heavy atom. The van der Waals surface area contributed by atoms with Gasteiger partial charge in [0, 0.05) is 49.9 Å². The van der Waals surface area contributed by atoms with E-state index in [-0.39, 0.29) is 0 Å². The zero-order valence-electron chi connectivity index (χ0n) is 13.7. The minimum absolute atomic E-state index is 0.324. The van der Waals surface area contributed by atoms with Gasteiger partial charge in [0.25, 0.3) is 0 Å². The average molecular weight is 342 g/mol. The van der Waals surface area contributed by atoms with E-state index in [1.807, 2.05) is 22.4 Å². The van der Waals surface area contributed by atoms with E-state index in [1.54, 1.807) is 12.4 Å². The Bertz CT molecular complexity index is 694. The maximum absolute atomic E-state index is 12.6. The molecule has 0 aliphatic carbocycles. The molecule has 0 aromatic carbocycles. The van der Waals surface area contributed by atoms with Crippen molar-refractivity contribution in [2.24, 2.45) is 5.92 Å². The highest BCUT2D eigenvalue weighted by atomic mass is 32.1. The van der Waals surface area contributed by atoms with E-state index in [4.69, 9.17) is 0 Å². The molecule has 1 fully saturated rings. The summed E-state index contributed by atoms with van der Waals surface area (Å²) in [5, 5.41) is 2.14. The van der Waals surface area contributed by atoms with Crippen LogP contribution < -0.4 is 4.90 Å². The van der Waals surface area contributed by atoms with Crippen LogP contribution in [0.2, 0.25) is 0 Å². The third kappa shape index (κ3) is 3.29. The van der Waals surface area contributed by atoms with Crippen LogP contribution in [0.3, 0.4) is 0 Å². The number of fused-ring (bicyclic) bond motifs is 1. The summed E-state index contributed by atoms with van der Waals surface area (Å²) < 4.78 is 0. The van der Waals surface area contributed by atoms with Crippen molar-refractivity contribution in [1.29, 1.82) is 0 Å². The van der Waals surface area contributed by atoms with Gasteiger partial charge in [0.15, 0.2) is 0 Å². The third-order valence-electron chi connectivity index (χ3n) is 5.11. The molecule has 2 aromatic rings. The molecule has 2 aliphatic rings. The second kappa shape index (κ2) is 6.89. The van der Waals surface area contributed by atoms with Gasteiger partial charge in [-0.15, -0.1) is 11.3 Å². The maximum Gasteiger partial charge on any atom is 0.223 e. The molecule has 5 nitrogen and oxygen atoms in total. The molecule has 1 saturated heterocycles. The number of hydrogen-bond donors (Lipinski definition) is 0. The molecule has 4 heterocycles. The Morgan fingerprint density at radius 1 is 1.25 bits per heavy atom. The Balaban J connectivity index is 1.29. The van der Waals surface area contributed by atoms with Crippen LogP contribution in [0.15, 0.2) is 30.0 Å². The molecule has 2 aliphatic heterocycles. The van der Waals surface area contributed by atoms with Gasteiger partial charge in [-0.2, -0.15) is 0 Å². The van der Waals surface area contributed by atoms with Gasteiger partial charge >= 0.3 is 0 Å². The number of aromatic nitrogens is 2. The summed E-state index contributed by atoms with van der Waals surface area (Å²) in [4.78, 5) is 26.9. The standard InChI is InChI=1S/C18H22N4OS/c23-18(22-9-3-16-15(13-22)4-10-24-16)11-14-1-7-21(8-2-14)17-12-19-5-6-20-17/h4-6,10,12,14H,1-3,7-9,11,13H2. The second-order valence-electron chi connectivity index (χ2n) is 6.63. The Labute approximate surface area is 146 Å². The molecule has 4 rings (SSSR count). The molecule has 1 amide bonds. The van der Waals surface area contributed by atoms with Crippen molar-refractivity contribution in [2.45, 2.75) is 32.2 Å². The number of amides is 1. The quantitative estimate of drug-likeness (QED) is 0.861. The van der Waals surface area contributed by atoms with Crippen molar-refractivity contribution >= 4 is 23.1 Å². The van der Waals surface area contributed by atoms with Crippen molar-refractivity contribution in [3.8, 4) is 0 Å². The molecule has 0 saturated carbocycles. The van der Waals surface area contributed by atoms with Gasteiger partial charge in [-0.3, -0.25) is 9.78 Å². The molecular formula is C18H22N4OS. The van der Waals surface area contributed by atoms with E-state index in [0.717, 1.165) is 51.3 Å². The highest BCUT2D eigenvalue weighted by Crippen LogP contribution is 2.27. The Hall–Kier alpha value is -1.95. The fraction of sp³-hybridized carbons (Fsp3) is 0.500. The summed E-state index contributed by atoms with van der Waals surface area (Å²) in [6, 6.07) is 2.17. The summed E-state index contributed by atoms with van der Waals surface area (Å²) in [6.07, 6.45) is 9.07. The fourth-order valence-corrected chi connectivity index (χ4v) is 4.55. The van der Waals surface area contributed by atoms with E-state index in [0.29, 0.717) is 18.2 Å². The minimum atomic E-state index is 0.324. The van der Waals surface area contributed by atoms with Gasteiger partial charge in [-0.1, -0.05) is 0 Å². The molecule has 0 radical (unpaired) electrons. The summed E-state index contributed by atoms with van der Waals surface area (Å²) in [7, 11) is 0. The van der Waals surface area contributed by atoms with Crippen LogP contribution in [0.25, 0.3) is 0 Å². The lowest BCUT2D eigenvalue weighted by Crippen LogP contribution is -2.39. The average Bonchev–Trinajstić information content (AvgIpc) is 3.11. The van der Waals surface area contributed by atoms with E-state index < -0.39 is 0 Å². The van der Waals surface area contributed by atoms with Crippen LogP contribution in [0.4, 0.5) is 5.82 Å². The van der Waals surface area contributed by atoms with Gasteiger partial charge in [-0.25, -0.2) is 4.98 Å². The molecule has 126 valence electrons. The number of rotatable bonds is 3. The summed E-state index contributed by atoms with van der Waals surface area (Å²) in [5.41, 5.74) is 1.34. The first-order chi connectivity index (χ1) is 11.8. The first kappa shape index (κ1) is 15.6. The molecule has 0 atom stereocenters. The highest BCUT2D eigenvalue weighted by Gasteiger charge is 2.26. The first-order valence-electron chi connectivity index (χ1n) is 8.63. The monoisotopic (exact) mass is 342 g/mol. The first-order valence-corrected chi connectivity index (χ1v) is 9.51. The van der Waals surface area contributed by atoms with Crippen molar-refractivity contribution in [1.82, 2.24) is 14.9 Å². The number of nitrogens with zero attached hydrogens (tertiary/aromatic N) is 4. The molecule has 24 heavy (non-hydrogen) atoms. The molecular weight excluding hydrogens is 320 g/mol. The number of carbonyl (C=O) groups is 1. The smallest absolute Gasteiger partial charge is 0.223 e. The molecule has 2 aromatic heterocycles. The Morgan fingerprint density at radius 3 is 2.92 bits per heavy atom. The number of anilines is 1. The largest absolute Gasteiger partial charge is 0.355 e. The van der Waals surface area contributed by atoms with Gasteiger partial charge in [0.1, 0.15) is 5.82 Å². The van der Waals surface area contributed by atoms with Crippen LogP contribution in [0.1, 0.15) is 29.7 Å². The lowest BCUT2D eigenvalue weighted by atomic mass is 9.92. The number of thiophene rings is 1. The van der Waals surface area contributed by atoms with Crippen molar-refractivity contribution in [2.75, 3.05) is 24.5 Å². The third-order valence-corrected chi connectivity index (χ3v) is 6.13. The normalized spacial score (nSPS) is 18.5. The summed E-state index contributed by atoms with van der Waals surface area (Å²) >= 11 is 1.82. The molecule has 0 unspecified atom stereocenters. The van der Waals surface area contributed by atoms with E-state index >= 15 is 0 Å². The van der Waals surface area contributed by atoms with Crippen molar-refractivity contribution in [3.05, 3.63) is 40.5 Å². The molecule has 0 bridgehead atoms. The molecule has 0 N–H and O–H groups in total. The fourth-order valence-electron chi connectivity index (χ4n) is 3.66. The lowest BCUT2D eigenvalue weighted by Gasteiger charge is -2.34. The predicted molar refractivity (Wildman–Crippen MR) is 95.0 cm³/mol. The van der Waals surface area contributed by atoms with Crippen molar-refractivity contribution in [3.63, 3.8) is 0 Å². The molecule has 6 heteroatoms. The van der Waals surface area contributed by atoms with Crippen LogP contribution in [0.5, 0.6) is 0 Å². The molecule has 0 spiro atoms. The summed E-state index contributed by atoms with van der Waals surface area (Å²) in [6.45, 7) is 3.61. The van der Waals surface area contributed by atoms with Gasteiger partial charge < -0.3 is 9.80 Å². The number of carbonyl (C=O) groups excluding carboxylic acids is 1.